The van der Waals surface area contributed by atoms with Gasteiger partial charge in [-0.2, -0.15) is 0 Å². The number of anilines is 1. The number of nitrogens with zero attached hydrogens (tertiary/aromatic N) is 2. The first-order chi connectivity index (χ1) is 15.1. The maximum atomic E-state index is 12.9. The summed E-state index contributed by atoms with van der Waals surface area (Å²) in [6.07, 6.45) is 2.25. The standard InChI is InChI=1S/C25H25Cl2N3OS/c1-15(18-7-5-6-8-20(18)27)30-13-16(19-12-17(26)9-10-21(19)30)11-23(31)29-24-28-22(14-32-24)25(2,3)4/h5-10,12-15H,11H2,1-4H3,(H,28,29,31)/t15-/m1/s1. The molecule has 2 heterocycles. The van der Waals surface area contributed by atoms with Crippen molar-refractivity contribution < 1.29 is 4.79 Å². The minimum Gasteiger partial charge on any atom is -0.340 e. The molecule has 4 aromatic rings. The van der Waals surface area contributed by atoms with Gasteiger partial charge in [-0.05, 0) is 42.3 Å². The highest BCUT2D eigenvalue weighted by molar-refractivity contribution is 7.13. The third-order valence-corrected chi connectivity index (χ3v) is 6.86. The Bertz CT molecular complexity index is 1290. The van der Waals surface area contributed by atoms with Crippen LogP contribution in [0.15, 0.2) is 54.0 Å². The Kier molecular flexibility index (Phi) is 6.35. The van der Waals surface area contributed by atoms with E-state index in [-0.39, 0.29) is 23.8 Å². The lowest BCUT2D eigenvalue weighted by molar-refractivity contribution is -0.115. The molecule has 2 aromatic carbocycles. The van der Waals surface area contributed by atoms with Crippen molar-refractivity contribution in [3.8, 4) is 0 Å². The Morgan fingerprint density at radius 1 is 1.19 bits per heavy atom. The first-order valence-corrected chi connectivity index (χ1v) is 12.1. The smallest absolute Gasteiger partial charge is 0.230 e. The molecule has 0 aliphatic rings. The molecule has 2 aromatic heterocycles. The molecular weight excluding hydrogens is 461 g/mol. The van der Waals surface area contributed by atoms with Gasteiger partial charge in [0.2, 0.25) is 5.91 Å². The summed E-state index contributed by atoms with van der Waals surface area (Å²) in [6.45, 7) is 8.41. The van der Waals surface area contributed by atoms with Gasteiger partial charge in [0.15, 0.2) is 5.13 Å². The Hall–Kier alpha value is -2.34. The highest BCUT2D eigenvalue weighted by Gasteiger charge is 2.20. The summed E-state index contributed by atoms with van der Waals surface area (Å²) in [5.41, 5.74) is 3.85. The molecule has 0 aliphatic heterocycles. The van der Waals surface area contributed by atoms with E-state index in [1.807, 2.05) is 54.0 Å². The van der Waals surface area contributed by atoms with Gasteiger partial charge in [0.1, 0.15) is 0 Å². The summed E-state index contributed by atoms with van der Waals surface area (Å²) in [5, 5.41) is 7.87. The first-order valence-electron chi connectivity index (χ1n) is 10.4. The van der Waals surface area contributed by atoms with Crippen molar-refractivity contribution >= 4 is 56.5 Å². The number of benzene rings is 2. The Labute approximate surface area is 202 Å². The van der Waals surface area contributed by atoms with Crippen molar-refractivity contribution in [1.82, 2.24) is 9.55 Å². The van der Waals surface area contributed by atoms with E-state index in [0.717, 1.165) is 27.7 Å². The van der Waals surface area contributed by atoms with Gasteiger partial charge in [-0.25, -0.2) is 4.98 Å². The van der Waals surface area contributed by atoms with Crippen molar-refractivity contribution in [2.75, 3.05) is 5.32 Å². The number of fused-ring (bicyclic) bond motifs is 1. The van der Waals surface area contributed by atoms with Crippen LogP contribution in [0.4, 0.5) is 5.13 Å². The predicted molar refractivity (Wildman–Crippen MR) is 135 cm³/mol. The molecule has 1 atom stereocenters. The van der Waals surface area contributed by atoms with Crippen LogP contribution in [0.2, 0.25) is 10.0 Å². The predicted octanol–water partition coefficient (Wildman–Crippen LogP) is 7.49. The van der Waals surface area contributed by atoms with E-state index in [1.165, 1.54) is 11.3 Å². The topological polar surface area (TPSA) is 46.9 Å². The second-order valence-electron chi connectivity index (χ2n) is 8.93. The van der Waals surface area contributed by atoms with E-state index in [0.29, 0.717) is 15.2 Å². The average Bonchev–Trinajstić information content (AvgIpc) is 3.33. The highest BCUT2D eigenvalue weighted by Crippen LogP contribution is 2.33. The lowest BCUT2D eigenvalue weighted by Crippen LogP contribution is -2.15. The molecule has 0 bridgehead atoms. The van der Waals surface area contributed by atoms with Gasteiger partial charge in [0, 0.05) is 37.9 Å². The number of carbonyl (C=O) groups excluding carboxylic acids is 1. The molecule has 0 saturated heterocycles. The number of halogens is 2. The van der Waals surface area contributed by atoms with Crippen molar-refractivity contribution in [3.05, 3.63) is 80.9 Å². The van der Waals surface area contributed by atoms with Crippen LogP contribution in [-0.4, -0.2) is 15.5 Å². The minimum absolute atomic E-state index is 0.00232. The molecule has 0 fully saturated rings. The molecule has 32 heavy (non-hydrogen) atoms. The maximum Gasteiger partial charge on any atom is 0.230 e. The molecular formula is C25H25Cl2N3OS. The lowest BCUT2D eigenvalue weighted by atomic mass is 9.93. The van der Waals surface area contributed by atoms with Crippen LogP contribution < -0.4 is 5.32 Å². The van der Waals surface area contributed by atoms with E-state index in [9.17, 15) is 4.79 Å². The molecule has 0 radical (unpaired) electrons. The quantitative estimate of drug-likeness (QED) is 0.318. The fraction of sp³-hybridized carbons (Fsp3) is 0.280. The molecule has 166 valence electrons. The SMILES string of the molecule is C[C@H](c1ccccc1Cl)n1cc(CC(=O)Nc2nc(C(C)(C)C)cs2)c2cc(Cl)ccc21. The molecule has 0 saturated carbocycles. The number of rotatable bonds is 5. The number of hydrogen-bond acceptors (Lipinski definition) is 3. The normalized spacial score (nSPS) is 12.8. The molecule has 0 spiro atoms. The van der Waals surface area contributed by atoms with Crippen molar-refractivity contribution in [1.29, 1.82) is 0 Å². The van der Waals surface area contributed by atoms with Gasteiger partial charge >= 0.3 is 0 Å². The van der Waals surface area contributed by atoms with Gasteiger partial charge < -0.3 is 9.88 Å². The monoisotopic (exact) mass is 485 g/mol. The van der Waals surface area contributed by atoms with Crippen LogP contribution in [0.5, 0.6) is 0 Å². The number of thiazole rings is 1. The van der Waals surface area contributed by atoms with E-state index in [1.54, 1.807) is 0 Å². The summed E-state index contributed by atoms with van der Waals surface area (Å²) < 4.78 is 2.15. The van der Waals surface area contributed by atoms with Crippen LogP contribution in [0, 0.1) is 0 Å². The van der Waals surface area contributed by atoms with Crippen LogP contribution in [0.25, 0.3) is 10.9 Å². The van der Waals surface area contributed by atoms with Crippen LogP contribution >= 0.6 is 34.5 Å². The number of hydrogen-bond donors (Lipinski definition) is 1. The molecule has 0 aliphatic carbocycles. The Morgan fingerprint density at radius 2 is 1.94 bits per heavy atom. The Morgan fingerprint density at radius 3 is 2.62 bits per heavy atom. The third-order valence-electron chi connectivity index (χ3n) is 5.52. The minimum atomic E-state index is -0.107. The van der Waals surface area contributed by atoms with E-state index >= 15 is 0 Å². The summed E-state index contributed by atoms with van der Waals surface area (Å²) in [6, 6.07) is 13.6. The third kappa shape index (κ3) is 4.70. The van der Waals surface area contributed by atoms with E-state index < -0.39 is 0 Å². The van der Waals surface area contributed by atoms with Crippen molar-refractivity contribution in [2.45, 2.75) is 45.6 Å². The Balaban J connectivity index is 1.64. The van der Waals surface area contributed by atoms with Crippen molar-refractivity contribution in [3.63, 3.8) is 0 Å². The largest absolute Gasteiger partial charge is 0.340 e. The zero-order valence-electron chi connectivity index (χ0n) is 18.4. The zero-order chi connectivity index (χ0) is 23.0. The molecule has 7 heteroatoms. The lowest BCUT2D eigenvalue weighted by Gasteiger charge is -2.17. The van der Waals surface area contributed by atoms with E-state index in [2.05, 4.69) is 42.6 Å². The number of carbonyl (C=O) groups is 1. The van der Waals surface area contributed by atoms with Gasteiger partial charge in [-0.3, -0.25) is 4.79 Å². The molecule has 4 nitrogen and oxygen atoms in total. The summed E-state index contributed by atoms with van der Waals surface area (Å²) in [5.74, 6) is -0.107. The fourth-order valence-electron chi connectivity index (χ4n) is 3.73. The fourth-order valence-corrected chi connectivity index (χ4v) is 5.15. The number of amides is 1. The highest BCUT2D eigenvalue weighted by atomic mass is 35.5. The first kappa shape index (κ1) is 22.8. The maximum absolute atomic E-state index is 12.9. The molecule has 1 amide bonds. The summed E-state index contributed by atoms with van der Waals surface area (Å²) >= 11 is 14.2. The van der Waals surface area contributed by atoms with Gasteiger partial charge in [0.05, 0.1) is 18.2 Å². The average molecular weight is 486 g/mol. The summed E-state index contributed by atoms with van der Waals surface area (Å²) in [4.78, 5) is 17.4. The van der Waals surface area contributed by atoms with Gasteiger partial charge in [0.25, 0.3) is 0 Å². The molecule has 4 rings (SSSR count). The number of aromatic nitrogens is 2. The van der Waals surface area contributed by atoms with Crippen LogP contribution in [-0.2, 0) is 16.6 Å². The summed E-state index contributed by atoms with van der Waals surface area (Å²) in [7, 11) is 0. The van der Waals surface area contributed by atoms with Crippen molar-refractivity contribution in [2.24, 2.45) is 0 Å². The second-order valence-corrected chi connectivity index (χ2v) is 10.6. The number of nitrogens with one attached hydrogen (secondary N) is 1. The molecule has 0 unspecified atom stereocenters. The second kappa shape index (κ2) is 8.89. The zero-order valence-corrected chi connectivity index (χ0v) is 20.8. The van der Waals surface area contributed by atoms with Crippen LogP contribution in [0.1, 0.15) is 50.6 Å². The van der Waals surface area contributed by atoms with Crippen LogP contribution in [0.3, 0.4) is 0 Å². The van der Waals surface area contributed by atoms with Gasteiger partial charge in [-0.15, -0.1) is 11.3 Å². The molecule has 1 N–H and O–H groups in total. The van der Waals surface area contributed by atoms with Gasteiger partial charge in [-0.1, -0.05) is 62.2 Å². The van der Waals surface area contributed by atoms with E-state index in [4.69, 9.17) is 23.2 Å².